The molecule has 2 aromatic rings. The fourth-order valence-electron chi connectivity index (χ4n) is 1.75. The lowest BCUT2D eigenvalue weighted by molar-refractivity contribution is 0.292. The van der Waals surface area contributed by atoms with Gasteiger partial charge in [0.25, 0.3) is 0 Å². The van der Waals surface area contributed by atoms with Crippen LogP contribution in [0.4, 0.5) is 0 Å². The maximum Gasteiger partial charge on any atom is 0.0971 e. The van der Waals surface area contributed by atoms with Gasteiger partial charge in [-0.15, -0.1) is 5.10 Å². The fourth-order valence-corrected chi connectivity index (χ4v) is 1.75. The second kappa shape index (κ2) is 5.59. The van der Waals surface area contributed by atoms with Crippen LogP contribution in [-0.2, 0) is 6.54 Å². The highest BCUT2D eigenvalue weighted by Crippen LogP contribution is 2.07. The predicted molar refractivity (Wildman–Crippen MR) is 68.0 cm³/mol. The average molecular weight is 230 g/mol. The van der Waals surface area contributed by atoms with Crippen LogP contribution in [0.15, 0.2) is 36.5 Å². The molecular formula is C13H18N4. The number of aromatic nitrogens is 3. The van der Waals surface area contributed by atoms with E-state index in [1.165, 1.54) is 0 Å². The summed E-state index contributed by atoms with van der Waals surface area (Å²) in [5.41, 5.74) is 2.06. The van der Waals surface area contributed by atoms with E-state index in [-0.39, 0.29) is 0 Å². The number of para-hydroxylation sites is 1. The van der Waals surface area contributed by atoms with Crippen LogP contribution in [0.1, 0.15) is 19.5 Å². The first-order chi connectivity index (χ1) is 8.33. The summed E-state index contributed by atoms with van der Waals surface area (Å²) in [6, 6.07) is 10.0. The van der Waals surface area contributed by atoms with Crippen LogP contribution >= 0.6 is 0 Å². The molecule has 1 aromatic heterocycles. The molecule has 0 fully saturated rings. The maximum absolute atomic E-state index is 4.20. The van der Waals surface area contributed by atoms with Gasteiger partial charge in [-0.25, -0.2) is 4.68 Å². The Bertz CT molecular complexity index is 445. The third kappa shape index (κ3) is 2.91. The first kappa shape index (κ1) is 11.8. The Labute approximate surface area is 102 Å². The Morgan fingerprint density at radius 3 is 2.47 bits per heavy atom. The molecule has 17 heavy (non-hydrogen) atoms. The smallest absolute Gasteiger partial charge is 0.0971 e. The summed E-state index contributed by atoms with van der Waals surface area (Å²) in [5.74, 6) is 0. The van der Waals surface area contributed by atoms with Gasteiger partial charge in [-0.2, -0.15) is 0 Å². The van der Waals surface area contributed by atoms with Crippen molar-refractivity contribution in [1.29, 1.82) is 0 Å². The first-order valence-corrected chi connectivity index (χ1v) is 6.02. The SMILES string of the molecule is CCN(CC)Cc1cn(-c2ccccc2)nn1. The summed E-state index contributed by atoms with van der Waals surface area (Å²) in [7, 11) is 0. The summed E-state index contributed by atoms with van der Waals surface area (Å²) in [6.45, 7) is 7.25. The minimum Gasteiger partial charge on any atom is -0.298 e. The summed E-state index contributed by atoms with van der Waals surface area (Å²) in [6.07, 6.45) is 1.99. The number of nitrogens with zero attached hydrogens (tertiary/aromatic N) is 4. The molecule has 0 atom stereocenters. The van der Waals surface area contributed by atoms with Crippen LogP contribution < -0.4 is 0 Å². The van der Waals surface area contributed by atoms with Gasteiger partial charge in [0.2, 0.25) is 0 Å². The zero-order valence-electron chi connectivity index (χ0n) is 10.4. The van der Waals surface area contributed by atoms with Gasteiger partial charge < -0.3 is 0 Å². The van der Waals surface area contributed by atoms with E-state index >= 15 is 0 Å². The molecule has 0 aliphatic heterocycles. The molecular weight excluding hydrogens is 212 g/mol. The average Bonchev–Trinajstić information content (AvgIpc) is 2.85. The molecule has 0 amide bonds. The van der Waals surface area contributed by atoms with Gasteiger partial charge in [0.1, 0.15) is 0 Å². The molecule has 0 unspecified atom stereocenters. The van der Waals surface area contributed by atoms with Crippen LogP contribution in [0, 0.1) is 0 Å². The molecule has 0 N–H and O–H groups in total. The molecule has 1 aromatic carbocycles. The van der Waals surface area contributed by atoms with E-state index in [1.54, 1.807) is 0 Å². The molecule has 0 saturated heterocycles. The van der Waals surface area contributed by atoms with Crippen molar-refractivity contribution in [3.05, 3.63) is 42.2 Å². The van der Waals surface area contributed by atoms with Crippen molar-refractivity contribution < 1.29 is 0 Å². The Morgan fingerprint density at radius 2 is 1.82 bits per heavy atom. The number of benzene rings is 1. The molecule has 0 spiro atoms. The Balaban J connectivity index is 2.11. The lowest BCUT2D eigenvalue weighted by atomic mass is 10.3. The van der Waals surface area contributed by atoms with Crippen molar-refractivity contribution in [1.82, 2.24) is 19.9 Å². The van der Waals surface area contributed by atoms with Crippen molar-refractivity contribution in [3.63, 3.8) is 0 Å². The van der Waals surface area contributed by atoms with Gasteiger partial charge in [0.15, 0.2) is 0 Å². The monoisotopic (exact) mass is 230 g/mol. The van der Waals surface area contributed by atoms with Crippen LogP contribution in [0.5, 0.6) is 0 Å². The predicted octanol–water partition coefficient (Wildman–Crippen LogP) is 2.11. The standard InChI is InChI=1S/C13H18N4/c1-3-16(4-2)10-12-11-17(15-14-12)13-8-6-5-7-9-13/h5-9,11H,3-4,10H2,1-2H3. The minimum absolute atomic E-state index is 0.861. The van der Waals surface area contributed by atoms with E-state index < -0.39 is 0 Å². The second-order valence-corrected chi connectivity index (χ2v) is 3.95. The third-order valence-corrected chi connectivity index (χ3v) is 2.84. The maximum atomic E-state index is 4.20. The molecule has 0 radical (unpaired) electrons. The molecule has 4 heteroatoms. The highest BCUT2D eigenvalue weighted by atomic mass is 15.4. The zero-order valence-corrected chi connectivity index (χ0v) is 10.4. The summed E-state index contributed by atoms with van der Waals surface area (Å²) < 4.78 is 1.82. The Kier molecular flexibility index (Phi) is 3.88. The van der Waals surface area contributed by atoms with Crippen molar-refractivity contribution in [2.24, 2.45) is 0 Å². The summed E-state index contributed by atoms with van der Waals surface area (Å²) in [5, 5.41) is 8.35. The van der Waals surface area contributed by atoms with Crippen molar-refractivity contribution in [2.75, 3.05) is 13.1 Å². The highest BCUT2D eigenvalue weighted by Gasteiger charge is 2.06. The second-order valence-electron chi connectivity index (χ2n) is 3.95. The van der Waals surface area contributed by atoms with Crippen molar-refractivity contribution in [3.8, 4) is 5.69 Å². The van der Waals surface area contributed by atoms with Gasteiger partial charge in [-0.3, -0.25) is 4.90 Å². The number of hydrogen-bond acceptors (Lipinski definition) is 3. The van der Waals surface area contributed by atoms with Crippen LogP contribution in [-0.4, -0.2) is 33.0 Å². The fraction of sp³-hybridized carbons (Fsp3) is 0.385. The lowest BCUT2D eigenvalue weighted by Crippen LogP contribution is -2.22. The molecule has 1 heterocycles. The van der Waals surface area contributed by atoms with E-state index in [9.17, 15) is 0 Å². The first-order valence-electron chi connectivity index (χ1n) is 6.02. The molecule has 0 saturated carbocycles. The van der Waals surface area contributed by atoms with Crippen molar-refractivity contribution >= 4 is 0 Å². The quantitative estimate of drug-likeness (QED) is 0.789. The minimum atomic E-state index is 0.861. The van der Waals surface area contributed by atoms with E-state index in [2.05, 4.69) is 29.1 Å². The van der Waals surface area contributed by atoms with E-state index in [0.717, 1.165) is 31.0 Å². The van der Waals surface area contributed by atoms with Gasteiger partial charge in [-0.05, 0) is 25.2 Å². The zero-order chi connectivity index (χ0) is 12.1. The Hall–Kier alpha value is -1.68. The van der Waals surface area contributed by atoms with E-state index in [1.807, 2.05) is 41.2 Å². The van der Waals surface area contributed by atoms with E-state index in [4.69, 9.17) is 0 Å². The van der Waals surface area contributed by atoms with Crippen molar-refractivity contribution in [2.45, 2.75) is 20.4 Å². The van der Waals surface area contributed by atoms with Gasteiger partial charge in [0.05, 0.1) is 17.6 Å². The molecule has 2 rings (SSSR count). The summed E-state index contributed by atoms with van der Waals surface area (Å²) in [4.78, 5) is 2.32. The molecule has 0 aliphatic rings. The van der Waals surface area contributed by atoms with Gasteiger partial charge in [-0.1, -0.05) is 37.3 Å². The van der Waals surface area contributed by atoms with Crippen LogP contribution in [0.2, 0.25) is 0 Å². The normalized spacial score (nSPS) is 11.0. The summed E-state index contributed by atoms with van der Waals surface area (Å²) >= 11 is 0. The highest BCUT2D eigenvalue weighted by molar-refractivity contribution is 5.29. The molecule has 90 valence electrons. The number of rotatable bonds is 5. The molecule has 0 bridgehead atoms. The van der Waals surface area contributed by atoms with Crippen LogP contribution in [0.3, 0.4) is 0 Å². The lowest BCUT2D eigenvalue weighted by Gasteiger charge is -2.15. The number of hydrogen-bond donors (Lipinski definition) is 0. The topological polar surface area (TPSA) is 34.0 Å². The molecule has 0 aliphatic carbocycles. The van der Waals surface area contributed by atoms with Gasteiger partial charge >= 0.3 is 0 Å². The van der Waals surface area contributed by atoms with Crippen LogP contribution in [0.25, 0.3) is 5.69 Å². The largest absolute Gasteiger partial charge is 0.298 e. The van der Waals surface area contributed by atoms with Gasteiger partial charge in [0, 0.05) is 6.54 Å². The Morgan fingerprint density at radius 1 is 1.12 bits per heavy atom. The molecule has 4 nitrogen and oxygen atoms in total. The third-order valence-electron chi connectivity index (χ3n) is 2.84. The van der Waals surface area contributed by atoms with E-state index in [0.29, 0.717) is 0 Å².